The van der Waals surface area contributed by atoms with Gasteiger partial charge in [0.1, 0.15) is 5.58 Å². The van der Waals surface area contributed by atoms with Crippen molar-refractivity contribution < 1.29 is 48.5 Å². The summed E-state index contributed by atoms with van der Waals surface area (Å²) in [7, 11) is 0. The van der Waals surface area contributed by atoms with E-state index >= 15 is 0 Å². The van der Waals surface area contributed by atoms with Gasteiger partial charge in [-0.3, -0.25) is 4.79 Å². The monoisotopic (exact) mass is 375 g/mol. The molecular formula is C8H6AcNO2-. The molecule has 0 aliphatic rings. The van der Waals surface area contributed by atoms with Gasteiger partial charge in [-0.15, -0.1) is 0 Å². The van der Waals surface area contributed by atoms with Crippen LogP contribution in [0.1, 0.15) is 5.56 Å². The third-order valence-electron chi connectivity index (χ3n) is 1.52. The third-order valence-corrected chi connectivity index (χ3v) is 1.52. The zero-order chi connectivity index (χ0) is 7.84. The molecule has 0 atom stereocenters. The first-order chi connectivity index (χ1) is 5.25. The van der Waals surface area contributed by atoms with Crippen LogP contribution in [0.3, 0.4) is 0 Å². The minimum absolute atomic E-state index is 0. The van der Waals surface area contributed by atoms with E-state index in [9.17, 15) is 4.79 Å². The Bertz CT molecular complexity index is 443. The largest absolute Gasteiger partial charge is 0.587 e. The van der Waals surface area contributed by atoms with E-state index in [1.54, 1.807) is 12.1 Å². The van der Waals surface area contributed by atoms with Gasteiger partial charge >= 0.3 is 0 Å². The molecule has 3 nitrogen and oxygen atoms in total. The zero-order valence-corrected chi connectivity index (χ0v) is 11.3. The number of benzene rings is 1. The number of hydrogen-bond donors (Lipinski definition) is 0. The quantitative estimate of drug-likeness (QED) is 0.692. The standard InChI is InChI=1S/C8H7NO2.Ac/c1-5-2-3-6-7(4-5)11-8(10)9-6;/h2-4H,1H3,(H,9,10);/p-1. The first-order valence-electron chi connectivity index (χ1n) is 3.30. The van der Waals surface area contributed by atoms with Gasteiger partial charge in [-0.1, -0.05) is 17.6 Å². The van der Waals surface area contributed by atoms with Crippen LogP contribution < -0.4 is 10.7 Å². The maximum atomic E-state index is 10.6. The second kappa shape index (κ2) is 3.76. The molecule has 1 radical (unpaired) electrons. The predicted molar refractivity (Wildman–Crippen MR) is 40.5 cm³/mol. The summed E-state index contributed by atoms with van der Waals surface area (Å²) >= 11 is 0. The Morgan fingerprint density at radius 1 is 1.42 bits per heavy atom. The molecule has 0 saturated heterocycles. The van der Waals surface area contributed by atoms with Crippen molar-refractivity contribution in [2.75, 3.05) is 0 Å². The Kier molecular flexibility index (Phi) is 3.14. The van der Waals surface area contributed by atoms with Gasteiger partial charge < -0.3 is 9.40 Å². The first-order valence-corrected chi connectivity index (χ1v) is 3.30. The van der Waals surface area contributed by atoms with Crippen LogP contribution in [-0.2, 0) is 0 Å². The number of aryl methyl sites for hydroxylation is 1. The van der Waals surface area contributed by atoms with Crippen molar-refractivity contribution in [1.29, 1.82) is 0 Å². The second-order valence-corrected chi connectivity index (χ2v) is 2.45. The van der Waals surface area contributed by atoms with Crippen molar-refractivity contribution >= 4 is 11.1 Å². The van der Waals surface area contributed by atoms with E-state index < -0.39 is 5.76 Å². The Morgan fingerprint density at radius 2 is 2.17 bits per heavy atom. The summed E-state index contributed by atoms with van der Waals surface area (Å²) in [5.74, 6) is -0.523. The van der Waals surface area contributed by atoms with E-state index in [-0.39, 0.29) is 44.1 Å². The van der Waals surface area contributed by atoms with Crippen LogP contribution in [0.2, 0.25) is 0 Å². The molecule has 0 fully saturated rings. The molecule has 0 aliphatic heterocycles. The topological polar surface area (TPSA) is 44.3 Å². The van der Waals surface area contributed by atoms with Crippen LogP contribution in [-0.4, -0.2) is 0 Å². The molecular weight excluding hydrogens is 369 g/mol. The van der Waals surface area contributed by atoms with Crippen molar-refractivity contribution in [2.24, 2.45) is 0 Å². The minimum Gasteiger partial charge on any atom is -0.587 e. The first kappa shape index (κ1) is 10.0. The van der Waals surface area contributed by atoms with Gasteiger partial charge in [-0.05, 0) is 18.6 Å². The number of rotatable bonds is 0. The van der Waals surface area contributed by atoms with Crippen LogP contribution in [0.5, 0.6) is 0 Å². The van der Waals surface area contributed by atoms with E-state index in [0.29, 0.717) is 11.1 Å². The van der Waals surface area contributed by atoms with Gasteiger partial charge in [-0.2, -0.15) is 0 Å². The van der Waals surface area contributed by atoms with E-state index in [4.69, 9.17) is 4.42 Å². The molecule has 4 heteroatoms. The van der Waals surface area contributed by atoms with Crippen LogP contribution in [0.25, 0.3) is 11.1 Å². The molecule has 1 heterocycles. The SMILES string of the molecule is Cc1ccc2[n-]c(=O)oc2c1.[Ac]. The Morgan fingerprint density at radius 3 is 2.92 bits per heavy atom. The average Bonchev–Trinajstić information content (AvgIpc) is 2.27. The van der Waals surface area contributed by atoms with E-state index in [1.165, 1.54) is 0 Å². The Hall–Kier alpha value is -0.0684. The van der Waals surface area contributed by atoms with E-state index in [1.807, 2.05) is 13.0 Å². The molecule has 0 bridgehead atoms. The third kappa shape index (κ3) is 1.81. The fourth-order valence-electron chi connectivity index (χ4n) is 1.01. The van der Waals surface area contributed by atoms with Gasteiger partial charge in [0, 0.05) is 44.1 Å². The molecule has 2 rings (SSSR count). The predicted octanol–water partition coefficient (Wildman–Crippen LogP) is 1.06. The zero-order valence-electron chi connectivity index (χ0n) is 6.57. The van der Waals surface area contributed by atoms with Crippen LogP contribution in [0.15, 0.2) is 27.4 Å². The van der Waals surface area contributed by atoms with Crippen LogP contribution >= 0.6 is 0 Å². The van der Waals surface area contributed by atoms with Gasteiger partial charge in [-0.25, -0.2) is 0 Å². The molecule has 0 unspecified atom stereocenters. The number of oxazole rings is 1. The molecule has 1 aromatic carbocycles. The van der Waals surface area contributed by atoms with Crippen molar-refractivity contribution in [3.63, 3.8) is 0 Å². The maximum Gasteiger partial charge on any atom is 0.238 e. The number of aromatic nitrogens is 1. The Labute approximate surface area is 105 Å². The van der Waals surface area contributed by atoms with Crippen molar-refractivity contribution in [3.8, 4) is 0 Å². The molecule has 0 amide bonds. The molecule has 12 heavy (non-hydrogen) atoms. The summed E-state index contributed by atoms with van der Waals surface area (Å²) < 4.78 is 4.78. The summed E-state index contributed by atoms with van der Waals surface area (Å²) in [5, 5.41) is 0. The van der Waals surface area contributed by atoms with Gasteiger partial charge in [0.25, 0.3) is 0 Å². The summed E-state index contributed by atoms with van der Waals surface area (Å²) in [5.41, 5.74) is 2.25. The normalized spacial score (nSPS) is 9.75. The maximum absolute atomic E-state index is 10.6. The smallest absolute Gasteiger partial charge is 0.238 e. The average molecular weight is 375 g/mol. The van der Waals surface area contributed by atoms with Crippen molar-refractivity contribution in [2.45, 2.75) is 6.92 Å². The molecule has 0 aliphatic carbocycles. The van der Waals surface area contributed by atoms with Gasteiger partial charge in [0.2, 0.25) is 5.76 Å². The number of fused-ring (bicyclic) bond motifs is 1. The molecule has 0 saturated carbocycles. The van der Waals surface area contributed by atoms with Gasteiger partial charge in [0.15, 0.2) is 0 Å². The van der Waals surface area contributed by atoms with Crippen molar-refractivity contribution in [1.82, 2.24) is 4.98 Å². The van der Waals surface area contributed by atoms with E-state index in [0.717, 1.165) is 5.56 Å². The van der Waals surface area contributed by atoms with Crippen molar-refractivity contribution in [3.05, 3.63) is 34.3 Å². The van der Waals surface area contributed by atoms with Crippen LogP contribution in [0, 0.1) is 51.0 Å². The van der Waals surface area contributed by atoms with E-state index in [2.05, 4.69) is 4.98 Å². The summed E-state index contributed by atoms with van der Waals surface area (Å²) in [6, 6.07) is 5.46. The summed E-state index contributed by atoms with van der Waals surface area (Å²) in [4.78, 5) is 14.3. The fourth-order valence-corrected chi connectivity index (χ4v) is 1.01. The second-order valence-electron chi connectivity index (χ2n) is 2.45. The fraction of sp³-hybridized carbons (Fsp3) is 0.125. The molecule has 0 spiro atoms. The number of hydrogen-bond acceptors (Lipinski definition) is 2. The summed E-state index contributed by atoms with van der Waals surface area (Å²) in [6.07, 6.45) is 0. The van der Waals surface area contributed by atoms with Gasteiger partial charge in [0.05, 0.1) is 0 Å². The number of nitrogens with zero attached hydrogens (tertiary/aromatic N) is 1. The summed E-state index contributed by atoms with van der Waals surface area (Å²) in [6.45, 7) is 1.94. The Balaban J connectivity index is 0.000000720. The molecule has 2 aromatic rings. The minimum atomic E-state index is -0.523. The molecule has 0 N–H and O–H groups in total. The molecule has 59 valence electrons. The van der Waals surface area contributed by atoms with Crippen LogP contribution in [0.4, 0.5) is 0 Å². The molecule has 1 aromatic heterocycles.